The highest BCUT2D eigenvalue weighted by molar-refractivity contribution is 5.90. The van der Waals surface area contributed by atoms with Crippen molar-refractivity contribution in [1.29, 1.82) is 0 Å². The average molecular weight is 336 g/mol. The van der Waals surface area contributed by atoms with Crippen molar-refractivity contribution in [2.24, 2.45) is 5.92 Å². The first kappa shape index (κ1) is 16.2. The Balaban J connectivity index is 1.80. The molecule has 0 radical (unpaired) electrons. The smallest absolute Gasteiger partial charge is 0.178 e. The summed E-state index contributed by atoms with van der Waals surface area (Å²) in [6, 6.07) is 12.4. The molecule has 5 nitrogen and oxygen atoms in total. The highest BCUT2D eigenvalue weighted by Gasteiger charge is 2.20. The molecule has 1 aromatic carbocycles. The van der Waals surface area contributed by atoms with Crippen molar-refractivity contribution in [2.45, 2.75) is 25.8 Å². The standard InChI is InChI=1S/C20H24N4O/c25-13-12-24-18(14-15-6-9-21-10-7-15)23-20-19(24)17(8-11-22-20)16-4-2-1-3-5-16/h1-5,8,11,15,21,25H,6-7,9-10,12-14H2. The molecular weight excluding hydrogens is 312 g/mol. The van der Waals surface area contributed by atoms with Crippen LogP contribution in [0.25, 0.3) is 22.3 Å². The number of pyridine rings is 1. The SMILES string of the molecule is OCCn1c(CC2CCNCC2)nc2nccc(-c3ccccc3)c21. The Morgan fingerprint density at radius 3 is 2.68 bits per heavy atom. The van der Waals surface area contributed by atoms with Crippen LogP contribution in [0.3, 0.4) is 0 Å². The van der Waals surface area contributed by atoms with E-state index in [-0.39, 0.29) is 6.61 Å². The van der Waals surface area contributed by atoms with E-state index >= 15 is 0 Å². The van der Waals surface area contributed by atoms with E-state index in [1.165, 1.54) is 12.8 Å². The van der Waals surface area contributed by atoms with Crippen molar-refractivity contribution >= 4 is 11.2 Å². The molecule has 0 atom stereocenters. The van der Waals surface area contributed by atoms with Crippen LogP contribution in [0.1, 0.15) is 18.7 Å². The van der Waals surface area contributed by atoms with Gasteiger partial charge in [0.1, 0.15) is 5.82 Å². The molecule has 2 aromatic heterocycles. The summed E-state index contributed by atoms with van der Waals surface area (Å²) in [6.07, 6.45) is 5.14. The van der Waals surface area contributed by atoms with E-state index in [4.69, 9.17) is 4.98 Å². The first-order chi connectivity index (χ1) is 12.4. The normalized spacial score (nSPS) is 15.7. The van der Waals surface area contributed by atoms with E-state index < -0.39 is 0 Å². The number of aliphatic hydroxyl groups excluding tert-OH is 1. The fraction of sp³-hybridized carbons (Fsp3) is 0.400. The molecular formula is C20H24N4O. The van der Waals surface area contributed by atoms with Gasteiger partial charge >= 0.3 is 0 Å². The van der Waals surface area contributed by atoms with Crippen molar-refractivity contribution in [2.75, 3.05) is 19.7 Å². The fourth-order valence-corrected chi connectivity index (χ4v) is 3.79. The molecule has 0 bridgehead atoms. The quantitative estimate of drug-likeness (QED) is 0.752. The molecule has 3 aromatic rings. The van der Waals surface area contributed by atoms with Crippen LogP contribution in [0.15, 0.2) is 42.6 Å². The van der Waals surface area contributed by atoms with Crippen LogP contribution in [0, 0.1) is 5.92 Å². The minimum absolute atomic E-state index is 0.105. The zero-order valence-corrected chi connectivity index (χ0v) is 14.4. The Hall–Kier alpha value is -2.24. The van der Waals surface area contributed by atoms with Gasteiger partial charge in [0.05, 0.1) is 12.1 Å². The van der Waals surface area contributed by atoms with Crippen molar-refractivity contribution in [3.63, 3.8) is 0 Å². The zero-order valence-electron chi connectivity index (χ0n) is 14.4. The van der Waals surface area contributed by atoms with Gasteiger partial charge in [0.2, 0.25) is 0 Å². The third-order valence-corrected chi connectivity index (χ3v) is 5.06. The Morgan fingerprint density at radius 1 is 1.12 bits per heavy atom. The molecule has 130 valence electrons. The van der Waals surface area contributed by atoms with Crippen molar-refractivity contribution < 1.29 is 5.11 Å². The number of aromatic nitrogens is 3. The maximum Gasteiger partial charge on any atom is 0.178 e. The molecule has 3 heterocycles. The minimum atomic E-state index is 0.105. The van der Waals surface area contributed by atoms with E-state index in [2.05, 4.69) is 27.0 Å². The molecule has 1 aliphatic rings. The molecule has 2 N–H and O–H groups in total. The number of aliphatic hydroxyl groups is 1. The molecule has 1 aliphatic heterocycles. The van der Waals surface area contributed by atoms with Crippen LogP contribution in [0.2, 0.25) is 0 Å². The molecule has 4 rings (SSSR count). The van der Waals surface area contributed by atoms with E-state index in [9.17, 15) is 5.11 Å². The molecule has 0 saturated carbocycles. The molecule has 1 fully saturated rings. The number of fused-ring (bicyclic) bond motifs is 1. The molecule has 0 spiro atoms. The Kier molecular flexibility index (Phi) is 4.76. The number of hydrogen-bond acceptors (Lipinski definition) is 4. The van der Waals surface area contributed by atoms with Crippen LogP contribution < -0.4 is 5.32 Å². The Labute approximate surface area is 147 Å². The van der Waals surface area contributed by atoms with Crippen molar-refractivity contribution in [3.05, 3.63) is 48.4 Å². The zero-order chi connectivity index (χ0) is 17.1. The fourth-order valence-electron chi connectivity index (χ4n) is 3.79. The second-order valence-electron chi connectivity index (χ2n) is 6.70. The number of hydrogen-bond donors (Lipinski definition) is 2. The average Bonchev–Trinajstić information content (AvgIpc) is 3.01. The second kappa shape index (κ2) is 7.33. The van der Waals surface area contributed by atoms with Crippen LogP contribution in [-0.2, 0) is 13.0 Å². The summed E-state index contributed by atoms with van der Waals surface area (Å²) in [5, 5.41) is 13.0. The summed E-state index contributed by atoms with van der Waals surface area (Å²) < 4.78 is 2.17. The topological polar surface area (TPSA) is 63.0 Å². The molecule has 0 amide bonds. The lowest BCUT2D eigenvalue weighted by Crippen LogP contribution is -2.29. The minimum Gasteiger partial charge on any atom is -0.395 e. The first-order valence-corrected chi connectivity index (χ1v) is 9.08. The number of nitrogens with zero attached hydrogens (tertiary/aromatic N) is 3. The van der Waals surface area contributed by atoms with Crippen LogP contribution in [0.5, 0.6) is 0 Å². The van der Waals surface area contributed by atoms with E-state index in [1.807, 2.05) is 30.5 Å². The van der Waals surface area contributed by atoms with Gasteiger partial charge in [0.25, 0.3) is 0 Å². The van der Waals surface area contributed by atoms with Gasteiger partial charge in [-0.2, -0.15) is 0 Å². The van der Waals surface area contributed by atoms with Crippen molar-refractivity contribution in [1.82, 2.24) is 19.9 Å². The van der Waals surface area contributed by atoms with E-state index in [1.54, 1.807) is 0 Å². The summed E-state index contributed by atoms with van der Waals surface area (Å²) >= 11 is 0. The first-order valence-electron chi connectivity index (χ1n) is 9.08. The van der Waals surface area contributed by atoms with Gasteiger partial charge in [-0.25, -0.2) is 9.97 Å². The molecule has 0 unspecified atom stereocenters. The maximum absolute atomic E-state index is 9.61. The summed E-state index contributed by atoms with van der Waals surface area (Å²) in [5.74, 6) is 1.70. The van der Waals surface area contributed by atoms with E-state index in [0.717, 1.165) is 47.6 Å². The Morgan fingerprint density at radius 2 is 1.92 bits per heavy atom. The molecule has 25 heavy (non-hydrogen) atoms. The largest absolute Gasteiger partial charge is 0.395 e. The third-order valence-electron chi connectivity index (χ3n) is 5.06. The number of piperidine rings is 1. The predicted molar refractivity (Wildman–Crippen MR) is 99.3 cm³/mol. The van der Waals surface area contributed by atoms with Crippen molar-refractivity contribution in [3.8, 4) is 11.1 Å². The molecule has 5 heteroatoms. The van der Waals surface area contributed by atoms with Gasteiger partial charge in [0.15, 0.2) is 5.65 Å². The van der Waals surface area contributed by atoms with Crippen LogP contribution in [0.4, 0.5) is 0 Å². The van der Waals surface area contributed by atoms with Gasteiger partial charge in [-0.1, -0.05) is 30.3 Å². The lowest BCUT2D eigenvalue weighted by Gasteiger charge is -2.22. The summed E-state index contributed by atoms with van der Waals surface area (Å²) in [6.45, 7) is 2.83. The summed E-state index contributed by atoms with van der Waals surface area (Å²) in [4.78, 5) is 9.33. The van der Waals surface area contributed by atoms with Crippen LogP contribution in [-0.4, -0.2) is 39.3 Å². The maximum atomic E-state index is 9.61. The summed E-state index contributed by atoms with van der Waals surface area (Å²) in [5.41, 5.74) is 4.09. The number of imidazole rings is 1. The monoisotopic (exact) mass is 336 g/mol. The van der Waals surface area contributed by atoms with Gasteiger partial charge in [-0.05, 0) is 43.5 Å². The van der Waals surface area contributed by atoms with Gasteiger partial charge < -0.3 is 15.0 Å². The van der Waals surface area contributed by atoms with Gasteiger partial charge in [-0.15, -0.1) is 0 Å². The van der Waals surface area contributed by atoms with Gasteiger partial charge in [0, 0.05) is 24.7 Å². The number of nitrogens with one attached hydrogen (secondary N) is 1. The van der Waals surface area contributed by atoms with E-state index in [0.29, 0.717) is 12.5 Å². The highest BCUT2D eigenvalue weighted by Crippen LogP contribution is 2.29. The number of benzene rings is 1. The second-order valence-corrected chi connectivity index (χ2v) is 6.70. The molecule has 1 saturated heterocycles. The molecule has 0 aliphatic carbocycles. The third kappa shape index (κ3) is 3.30. The Bertz CT molecular complexity index is 838. The van der Waals surface area contributed by atoms with Gasteiger partial charge in [-0.3, -0.25) is 0 Å². The van der Waals surface area contributed by atoms with Crippen LogP contribution >= 0.6 is 0 Å². The number of rotatable bonds is 5. The lowest BCUT2D eigenvalue weighted by atomic mass is 9.94. The summed E-state index contributed by atoms with van der Waals surface area (Å²) in [7, 11) is 0. The predicted octanol–water partition coefficient (Wildman–Crippen LogP) is 2.63. The highest BCUT2D eigenvalue weighted by atomic mass is 16.3. The lowest BCUT2D eigenvalue weighted by molar-refractivity contribution is 0.274.